The van der Waals surface area contributed by atoms with Gasteiger partial charge in [0.15, 0.2) is 11.5 Å². The molecule has 0 N–H and O–H groups in total. The van der Waals surface area contributed by atoms with Gasteiger partial charge in [-0.1, -0.05) is 19.0 Å². The van der Waals surface area contributed by atoms with Crippen LogP contribution in [0.4, 0.5) is 0 Å². The molecule has 7 heteroatoms. The molecule has 1 amide bonds. The number of allylic oxidation sites excluding steroid dienone is 1. The maximum atomic E-state index is 12.5. The minimum absolute atomic E-state index is 0.0944. The molecular formula is C16H17N3O4. The van der Waals surface area contributed by atoms with Gasteiger partial charge in [0.05, 0.1) is 18.7 Å². The van der Waals surface area contributed by atoms with Gasteiger partial charge < -0.3 is 14.2 Å². The Kier molecular flexibility index (Phi) is 3.57. The Labute approximate surface area is 133 Å². The number of hydrogen-bond donors (Lipinski definition) is 0. The highest BCUT2D eigenvalue weighted by atomic mass is 16.5. The topological polar surface area (TPSA) is 96.4 Å². The van der Waals surface area contributed by atoms with Gasteiger partial charge in [0.1, 0.15) is 17.9 Å². The van der Waals surface area contributed by atoms with E-state index in [-0.39, 0.29) is 29.5 Å². The highest BCUT2D eigenvalue weighted by Crippen LogP contribution is 2.41. The van der Waals surface area contributed by atoms with Crippen LogP contribution in [-0.4, -0.2) is 47.0 Å². The van der Waals surface area contributed by atoms with Gasteiger partial charge >= 0.3 is 0 Å². The van der Waals surface area contributed by atoms with E-state index in [1.54, 1.807) is 24.8 Å². The smallest absolute Gasteiger partial charge is 0.276 e. The first-order chi connectivity index (χ1) is 10.9. The van der Waals surface area contributed by atoms with Crippen molar-refractivity contribution in [2.75, 3.05) is 19.7 Å². The zero-order valence-electron chi connectivity index (χ0n) is 13.0. The second kappa shape index (κ2) is 5.32. The fourth-order valence-electron chi connectivity index (χ4n) is 3.31. The van der Waals surface area contributed by atoms with Crippen LogP contribution in [0.25, 0.3) is 0 Å². The number of morpholine rings is 1. The van der Waals surface area contributed by atoms with Crippen molar-refractivity contribution in [3.8, 4) is 6.07 Å². The summed E-state index contributed by atoms with van der Waals surface area (Å²) in [5.74, 6) is -0.433. The molecule has 1 fully saturated rings. The highest BCUT2D eigenvalue weighted by Gasteiger charge is 2.48. The van der Waals surface area contributed by atoms with Gasteiger partial charge in [0, 0.05) is 18.0 Å². The number of amides is 1. The number of carbonyl (C=O) groups excluding carboxylic acids is 2. The molecule has 1 aliphatic heterocycles. The molecule has 1 atom stereocenters. The molecule has 0 aromatic carbocycles. The zero-order chi connectivity index (χ0) is 16.7. The average molecular weight is 315 g/mol. The first-order valence-electron chi connectivity index (χ1n) is 7.38. The second-order valence-corrected chi connectivity index (χ2v) is 6.58. The molecule has 23 heavy (non-hydrogen) atoms. The lowest BCUT2D eigenvalue weighted by Gasteiger charge is -2.46. The van der Waals surface area contributed by atoms with Crippen molar-refractivity contribution >= 4 is 11.7 Å². The number of aromatic nitrogens is 1. The zero-order valence-corrected chi connectivity index (χ0v) is 13.0. The maximum absolute atomic E-state index is 12.5. The van der Waals surface area contributed by atoms with Crippen molar-refractivity contribution in [2.45, 2.75) is 25.9 Å². The molecule has 1 aromatic heterocycles. The molecule has 3 rings (SSSR count). The number of ether oxygens (including phenoxy) is 1. The number of nitrogens with zero attached hydrogens (tertiary/aromatic N) is 3. The monoisotopic (exact) mass is 315 g/mol. The summed E-state index contributed by atoms with van der Waals surface area (Å²) in [6.45, 7) is 4.63. The van der Waals surface area contributed by atoms with E-state index < -0.39 is 11.0 Å². The maximum Gasteiger partial charge on any atom is 0.276 e. The van der Waals surface area contributed by atoms with Crippen LogP contribution in [0.1, 0.15) is 30.8 Å². The van der Waals surface area contributed by atoms with Crippen LogP contribution in [0, 0.1) is 16.7 Å². The fourth-order valence-corrected chi connectivity index (χ4v) is 3.31. The molecule has 0 radical (unpaired) electrons. The molecule has 1 saturated heterocycles. The van der Waals surface area contributed by atoms with E-state index >= 15 is 0 Å². The Morgan fingerprint density at radius 2 is 2.26 bits per heavy atom. The van der Waals surface area contributed by atoms with E-state index in [9.17, 15) is 14.9 Å². The van der Waals surface area contributed by atoms with E-state index in [2.05, 4.69) is 5.16 Å². The number of rotatable bonds is 1. The highest BCUT2D eigenvalue weighted by molar-refractivity contribution is 6.04. The molecular weight excluding hydrogens is 298 g/mol. The quantitative estimate of drug-likeness (QED) is 0.775. The van der Waals surface area contributed by atoms with Gasteiger partial charge in [-0.05, 0) is 12.5 Å². The number of carbonyl (C=O) groups is 2. The third-order valence-corrected chi connectivity index (χ3v) is 4.28. The van der Waals surface area contributed by atoms with Crippen LogP contribution >= 0.6 is 0 Å². The molecule has 2 aliphatic rings. The Morgan fingerprint density at radius 3 is 2.91 bits per heavy atom. The number of Topliss-reactive ketones (excluding diaryl/α,β-unsaturated/α-hetero) is 1. The summed E-state index contributed by atoms with van der Waals surface area (Å²) < 4.78 is 10.6. The number of nitriles is 1. The Hall–Kier alpha value is -2.46. The summed E-state index contributed by atoms with van der Waals surface area (Å²) in [4.78, 5) is 26.3. The van der Waals surface area contributed by atoms with Gasteiger partial charge in [-0.25, -0.2) is 0 Å². The Bertz CT molecular complexity index is 714. The molecule has 7 nitrogen and oxygen atoms in total. The minimum atomic E-state index is -0.819. The van der Waals surface area contributed by atoms with Crippen LogP contribution in [0.5, 0.6) is 0 Å². The summed E-state index contributed by atoms with van der Waals surface area (Å²) in [6, 6.07) is 3.46. The predicted molar refractivity (Wildman–Crippen MR) is 78.2 cm³/mol. The minimum Gasteiger partial charge on any atom is -0.367 e. The molecule has 1 unspecified atom stereocenters. The van der Waals surface area contributed by atoms with E-state index in [4.69, 9.17) is 9.26 Å². The van der Waals surface area contributed by atoms with E-state index in [1.807, 2.05) is 6.07 Å². The molecule has 2 heterocycles. The summed E-state index contributed by atoms with van der Waals surface area (Å²) >= 11 is 0. The van der Waals surface area contributed by atoms with Crippen LogP contribution in [0.2, 0.25) is 0 Å². The van der Waals surface area contributed by atoms with Crippen molar-refractivity contribution in [3.05, 3.63) is 29.7 Å². The van der Waals surface area contributed by atoms with Gasteiger partial charge in [0.25, 0.3) is 5.91 Å². The molecule has 1 aromatic rings. The lowest BCUT2D eigenvalue weighted by molar-refractivity contribution is -0.134. The molecule has 0 bridgehead atoms. The van der Waals surface area contributed by atoms with Crippen molar-refractivity contribution in [2.24, 2.45) is 5.41 Å². The molecule has 1 spiro atoms. The normalized spacial score (nSPS) is 26.7. The van der Waals surface area contributed by atoms with Crippen LogP contribution in [-0.2, 0) is 9.53 Å². The number of hydrogen-bond acceptors (Lipinski definition) is 6. The van der Waals surface area contributed by atoms with Crippen molar-refractivity contribution in [1.82, 2.24) is 10.1 Å². The third-order valence-electron chi connectivity index (χ3n) is 4.28. The summed E-state index contributed by atoms with van der Waals surface area (Å²) in [6.07, 6.45) is 3.34. The van der Waals surface area contributed by atoms with Crippen molar-refractivity contribution in [1.29, 1.82) is 5.26 Å². The van der Waals surface area contributed by atoms with Gasteiger partial charge in [-0.15, -0.1) is 0 Å². The number of ketones is 1. The van der Waals surface area contributed by atoms with Crippen LogP contribution in [0.3, 0.4) is 0 Å². The first-order valence-corrected chi connectivity index (χ1v) is 7.38. The molecule has 120 valence electrons. The third kappa shape index (κ3) is 2.66. The van der Waals surface area contributed by atoms with Crippen molar-refractivity contribution < 1.29 is 18.8 Å². The molecule has 1 aliphatic carbocycles. The van der Waals surface area contributed by atoms with E-state index in [0.717, 1.165) is 0 Å². The van der Waals surface area contributed by atoms with Gasteiger partial charge in [-0.3, -0.25) is 9.59 Å². The van der Waals surface area contributed by atoms with E-state index in [1.165, 1.54) is 12.3 Å². The first kappa shape index (κ1) is 15.4. The lowest BCUT2D eigenvalue weighted by atomic mass is 9.69. The van der Waals surface area contributed by atoms with E-state index in [0.29, 0.717) is 19.6 Å². The summed E-state index contributed by atoms with van der Waals surface area (Å²) in [5.41, 5.74) is -1.20. The Balaban J connectivity index is 1.91. The van der Waals surface area contributed by atoms with Crippen molar-refractivity contribution in [3.63, 3.8) is 0 Å². The Morgan fingerprint density at radius 1 is 1.48 bits per heavy atom. The summed E-state index contributed by atoms with van der Waals surface area (Å²) in [5, 5.41) is 12.9. The van der Waals surface area contributed by atoms with Crippen LogP contribution < -0.4 is 0 Å². The average Bonchev–Trinajstić information content (AvgIpc) is 3.04. The standard InChI is InChI=1S/C16H17N3O4/c1-15(2)9-16(7-11(8-17)13(15)20)10-19(4-6-22-16)14(21)12-3-5-23-18-12/h3,5,7H,4,6,9-10H2,1-2H3. The predicted octanol–water partition coefficient (Wildman–Crippen LogP) is 1.33. The van der Waals surface area contributed by atoms with Gasteiger partial charge in [-0.2, -0.15) is 5.26 Å². The lowest BCUT2D eigenvalue weighted by Crippen LogP contribution is -2.57. The second-order valence-electron chi connectivity index (χ2n) is 6.58. The SMILES string of the molecule is CC1(C)CC2(C=C(C#N)C1=O)CN(C(=O)c1ccon1)CCO2. The largest absolute Gasteiger partial charge is 0.367 e. The fraction of sp³-hybridized carbons (Fsp3) is 0.500. The summed E-state index contributed by atoms with van der Waals surface area (Å²) in [7, 11) is 0. The van der Waals surface area contributed by atoms with Crippen LogP contribution in [0.15, 0.2) is 28.5 Å². The van der Waals surface area contributed by atoms with Gasteiger partial charge in [0.2, 0.25) is 0 Å². The molecule has 0 saturated carbocycles.